The van der Waals surface area contributed by atoms with E-state index in [2.05, 4.69) is 10.6 Å². The summed E-state index contributed by atoms with van der Waals surface area (Å²) in [6.45, 7) is 6.84. The summed E-state index contributed by atoms with van der Waals surface area (Å²) in [4.78, 5) is 50.0. The maximum atomic E-state index is 13.1. The van der Waals surface area contributed by atoms with Gasteiger partial charge in [-0.2, -0.15) is 0 Å². The number of nitrogens with one attached hydrogen (secondary N) is 2. The van der Waals surface area contributed by atoms with Gasteiger partial charge in [0.05, 0.1) is 5.92 Å². The number of likely N-dealkylation sites (tertiary alicyclic amines) is 1. The number of aliphatic carboxylic acids is 1. The molecule has 1 fully saturated rings. The van der Waals surface area contributed by atoms with Crippen molar-refractivity contribution in [2.45, 2.75) is 77.4 Å². The first kappa shape index (κ1) is 26.7. The molecule has 0 aromatic rings. The van der Waals surface area contributed by atoms with E-state index in [9.17, 15) is 19.2 Å². The number of nitrogens with zero attached hydrogens (tertiary/aromatic N) is 1. The molecule has 0 aliphatic carbocycles. The van der Waals surface area contributed by atoms with Crippen LogP contribution in [0.5, 0.6) is 0 Å². The number of hydrogen-bond donors (Lipinski definition) is 4. The molecule has 1 rings (SSSR count). The van der Waals surface area contributed by atoms with Crippen molar-refractivity contribution in [2.75, 3.05) is 26.2 Å². The minimum atomic E-state index is -0.901. The third-order valence-corrected chi connectivity index (χ3v) is 4.91. The Morgan fingerprint density at radius 1 is 1.19 bits per heavy atom. The van der Waals surface area contributed by atoms with E-state index in [-0.39, 0.29) is 37.2 Å². The van der Waals surface area contributed by atoms with Gasteiger partial charge in [0.2, 0.25) is 11.8 Å². The highest BCUT2D eigenvalue weighted by Crippen LogP contribution is 2.19. The van der Waals surface area contributed by atoms with Crippen molar-refractivity contribution in [3.05, 3.63) is 0 Å². The van der Waals surface area contributed by atoms with Crippen molar-refractivity contribution < 1.29 is 29.0 Å². The molecule has 3 amide bonds. The molecule has 2 atom stereocenters. The average Bonchev–Trinajstić information content (AvgIpc) is 2.68. The highest BCUT2D eigenvalue weighted by Gasteiger charge is 2.33. The van der Waals surface area contributed by atoms with E-state index < -0.39 is 23.7 Å². The van der Waals surface area contributed by atoms with Crippen LogP contribution in [-0.4, -0.2) is 71.7 Å². The standard InChI is InChI=1S/C21H38N4O6/c1-21(2,3)31-20(30)24-16(9-4-5-11-22)19(29)25-13-7-8-15(14-25)18(28)23-12-6-10-17(26)27/h15-16H,4-14,22H2,1-3H3,(H,23,28)(H,24,30)(H,26,27)/t15?,16-/m0/s1. The van der Waals surface area contributed by atoms with Gasteiger partial charge >= 0.3 is 12.1 Å². The van der Waals surface area contributed by atoms with Crippen LogP contribution in [-0.2, 0) is 19.1 Å². The second-order valence-corrected chi connectivity index (χ2v) is 8.89. The smallest absolute Gasteiger partial charge is 0.408 e. The number of carboxylic acid groups (broad SMARTS) is 1. The second kappa shape index (κ2) is 13.1. The van der Waals surface area contributed by atoms with Gasteiger partial charge in [-0.1, -0.05) is 0 Å². The molecular formula is C21H38N4O6. The molecule has 1 aliphatic rings. The van der Waals surface area contributed by atoms with Crippen LogP contribution in [0.1, 0.15) is 65.7 Å². The first-order chi connectivity index (χ1) is 14.5. The first-order valence-electron chi connectivity index (χ1n) is 11.0. The average molecular weight is 443 g/mol. The number of nitrogens with two attached hydrogens (primary N) is 1. The quantitative estimate of drug-likeness (QED) is 0.351. The van der Waals surface area contributed by atoms with E-state index in [0.717, 1.165) is 6.42 Å². The van der Waals surface area contributed by atoms with Crippen molar-refractivity contribution in [2.24, 2.45) is 11.7 Å². The molecule has 0 aromatic carbocycles. The largest absolute Gasteiger partial charge is 0.481 e. The predicted octanol–water partition coefficient (Wildman–Crippen LogP) is 1.23. The Balaban J connectivity index is 2.68. The van der Waals surface area contributed by atoms with Crippen LogP contribution in [0.3, 0.4) is 0 Å². The van der Waals surface area contributed by atoms with Gasteiger partial charge in [0, 0.05) is 26.1 Å². The lowest BCUT2D eigenvalue weighted by Gasteiger charge is -2.34. The summed E-state index contributed by atoms with van der Waals surface area (Å²) < 4.78 is 5.29. The fourth-order valence-corrected chi connectivity index (χ4v) is 3.41. The van der Waals surface area contributed by atoms with Gasteiger partial charge in [0.1, 0.15) is 11.6 Å². The Hall–Kier alpha value is -2.36. The predicted molar refractivity (Wildman–Crippen MR) is 115 cm³/mol. The number of carboxylic acids is 1. The van der Waals surface area contributed by atoms with Crippen molar-refractivity contribution >= 4 is 23.9 Å². The zero-order valence-corrected chi connectivity index (χ0v) is 18.9. The van der Waals surface area contributed by atoms with Gasteiger partial charge in [0.15, 0.2) is 0 Å². The van der Waals surface area contributed by atoms with E-state index >= 15 is 0 Å². The summed E-state index contributed by atoms with van der Waals surface area (Å²) in [5.41, 5.74) is 4.88. The van der Waals surface area contributed by atoms with Crippen LogP contribution in [0.15, 0.2) is 0 Å². The molecule has 0 saturated carbocycles. The molecule has 1 heterocycles. The third kappa shape index (κ3) is 11.0. The Morgan fingerprint density at radius 3 is 2.52 bits per heavy atom. The summed E-state index contributed by atoms with van der Waals surface area (Å²) in [6.07, 6.45) is 2.91. The molecule has 178 valence electrons. The fourth-order valence-electron chi connectivity index (χ4n) is 3.41. The molecule has 1 saturated heterocycles. The number of alkyl carbamates (subject to hydrolysis) is 1. The van der Waals surface area contributed by atoms with Gasteiger partial charge in [-0.25, -0.2) is 4.79 Å². The Bertz CT molecular complexity index is 619. The van der Waals surface area contributed by atoms with E-state index in [1.807, 2.05) is 0 Å². The van der Waals surface area contributed by atoms with Crippen molar-refractivity contribution in [1.82, 2.24) is 15.5 Å². The lowest BCUT2D eigenvalue weighted by Crippen LogP contribution is -2.53. The second-order valence-electron chi connectivity index (χ2n) is 8.89. The molecule has 10 heteroatoms. The number of rotatable bonds is 11. The molecule has 10 nitrogen and oxygen atoms in total. The topological polar surface area (TPSA) is 151 Å². The normalized spacial score (nSPS) is 17.5. The van der Waals surface area contributed by atoms with E-state index in [1.54, 1.807) is 25.7 Å². The van der Waals surface area contributed by atoms with Gasteiger partial charge in [-0.15, -0.1) is 0 Å². The zero-order valence-electron chi connectivity index (χ0n) is 18.9. The maximum absolute atomic E-state index is 13.1. The van der Waals surface area contributed by atoms with Crippen molar-refractivity contribution in [3.63, 3.8) is 0 Å². The van der Waals surface area contributed by atoms with Crippen LogP contribution in [0.25, 0.3) is 0 Å². The fraction of sp³-hybridized carbons (Fsp3) is 0.810. The van der Waals surface area contributed by atoms with Crippen LogP contribution in [0.4, 0.5) is 4.79 Å². The van der Waals surface area contributed by atoms with Gasteiger partial charge in [-0.3, -0.25) is 14.4 Å². The first-order valence-corrected chi connectivity index (χ1v) is 11.0. The Labute approximate surface area is 184 Å². The molecule has 0 spiro atoms. The highest BCUT2D eigenvalue weighted by atomic mass is 16.6. The summed E-state index contributed by atoms with van der Waals surface area (Å²) in [7, 11) is 0. The van der Waals surface area contributed by atoms with Gasteiger partial charge < -0.3 is 31.1 Å². The number of hydrogen-bond acceptors (Lipinski definition) is 6. The van der Waals surface area contributed by atoms with Crippen LogP contribution in [0, 0.1) is 5.92 Å². The van der Waals surface area contributed by atoms with Crippen molar-refractivity contribution in [3.8, 4) is 0 Å². The summed E-state index contributed by atoms with van der Waals surface area (Å²) in [5, 5.41) is 14.1. The highest BCUT2D eigenvalue weighted by molar-refractivity contribution is 5.87. The zero-order chi connectivity index (χ0) is 23.4. The Morgan fingerprint density at radius 2 is 1.90 bits per heavy atom. The van der Waals surface area contributed by atoms with Crippen LogP contribution < -0.4 is 16.4 Å². The lowest BCUT2D eigenvalue weighted by molar-refractivity contribution is -0.139. The lowest BCUT2D eigenvalue weighted by atomic mass is 9.96. The van der Waals surface area contributed by atoms with Crippen LogP contribution in [0.2, 0.25) is 0 Å². The number of carbonyl (C=O) groups is 4. The molecule has 0 bridgehead atoms. The molecule has 0 radical (unpaired) electrons. The number of unbranched alkanes of at least 4 members (excludes halogenated alkanes) is 1. The van der Waals surface area contributed by atoms with E-state index in [0.29, 0.717) is 45.2 Å². The molecule has 1 aliphatic heterocycles. The minimum absolute atomic E-state index is 0.00360. The minimum Gasteiger partial charge on any atom is -0.481 e. The molecular weight excluding hydrogens is 404 g/mol. The number of piperidine rings is 1. The van der Waals surface area contributed by atoms with Crippen LogP contribution >= 0.6 is 0 Å². The summed E-state index contributed by atoms with van der Waals surface area (Å²) in [5.74, 6) is -1.66. The van der Waals surface area contributed by atoms with Gasteiger partial charge in [-0.05, 0) is 65.8 Å². The SMILES string of the molecule is CC(C)(C)OC(=O)N[C@@H](CCCCN)C(=O)N1CCCC(C(=O)NCCCC(=O)O)C1. The number of amides is 3. The van der Waals surface area contributed by atoms with E-state index in [1.165, 1.54) is 0 Å². The van der Waals surface area contributed by atoms with E-state index in [4.69, 9.17) is 15.6 Å². The summed E-state index contributed by atoms with van der Waals surface area (Å²) in [6, 6.07) is -0.737. The molecule has 5 N–H and O–H groups in total. The van der Waals surface area contributed by atoms with Crippen molar-refractivity contribution in [1.29, 1.82) is 0 Å². The number of carbonyl (C=O) groups excluding carboxylic acids is 3. The molecule has 31 heavy (non-hydrogen) atoms. The number of ether oxygens (including phenoxy) is 1. The van der Waals surface area contributed by atoms with Gasteiger partial charge in [0.25, 0.3) is 0 Å². The monoisotopic (exact) mass is 442 g/mol. The Kier molecular flexibility index (Phi) is 11.3. The molecule has 0 aromatic heterocycles. The maximum Gasteiger partial charge on any atom is 0.408 e. The summed E-state index contributed by atoms with van der Waals surface area (Å²) >= 11 is 0. The molecule has 1 unspecified atom stereocenters. The third-order valence-electron chi connectivity index (χ3n) is 4.91.